The van der Waals surface area contributed by atoms with E-state index in [9.17, 15) is 9.18 Å². The van der Waals surface area contributed by atoms with Crippen molar-refractivity contribution in [3.8, 4) is 11.5 Å². The third-order valence-corrected chi connectivity index (χ3v) is 4.68. The predicted octanol–water partition coefficient (Wildman–Crippen LogP) is 5.58. The van der Waals surface area contributed by atoms with Crippen LogP contribution >= 0.6 is 0 Å². The summed E-state index contributed by atoms with van der Waals surface area (Å²) in [6, 6.07) is 19.5. The highest BCUT2D eigenvalue weighted by Gasteiger charge is 2.27. The lowest BCUT2D eigenvalue weighted by Gasteiger charge is -2.08. The van der Waals surface area contributed by atoms with Crippen molar-refractivity contribution in [2.24, 2.45) is 0 Å². The van der Waals surface area contributed by atoms with Crippen molar-refractivity contribution in [2.45, 2.75) is 20.0 Å². The average molecular weight is 374 g/mol. The van der Waals surface area contributed by atoms with Crippen LogP contribution in [0.15, 0.2) is 72.5 Å². The maximum atomic E-state index is 13.7. The number of allylic oxidation sites excluding steroid dienone is 1. The Morgan fingerprint density at radius 3 is 2.57 bits per heavy atom. The van der Waals surface area contributed by atoms with E-state index in [0.29, 0.717) is 22.6 Å². The van der Waals surface area contributed by atoms with Crippen LogP contribution in [-0.2, 0) is 13.0 Å². The number of Topliss-reactive ketones (excluding diaryl/α,β-unsaturated/α-hetero) is 1. The number of fused-ring (bicyclic) bond motifs is 1. The van der Waals surface area contributed by atoms with Gasteiger partial charge in [0.1, 0.15) is 23.9 Å². The Morgan fingerprint density at radius 1 is 1.04 bits per heavy atom. The maximum absolute atomic E-state index is 13.7. The first-order valence-corrected chi connectivity index (χ1v) is 9.17. The minimum atomic E-state index is -0.311. The Hall–Kier alpha value is -3.40. The van der Waals surface area contributed by atoms with Gasteiger partial charge in [-0.25, -0.2) is 4.39 Å². The third-order valence-electron chi connectivity index (χ3n) is 4.68. The number of carbonyl (C=O) groups is 1. The maximum Gasteiger partial charge on any atom is 0.231 e. The van der Waals surface area contributed by atoms with Crippen LogP contribution in [0, 0.1) is 5.82 Å². The van der Waals surface area contributed by atoms with Gasteiger partial charge in [-0.2, -0.15) is 0 Å². The van der Waals surface area contributed by atoms with Crippen LogP contribution in [0.4, 0.5) is 4.39 Å². The smallest absolute Gasteiger partial charge is 0.231 e. The van der Waals surface area contributed by atoms with Gasteiger partial charge in [-0.05, 0) is 41.8 Å². The van der Waals surface area contributed by atoms with Crippen molar-refractivity contribution in [1.82, 2.24) is 0 Å². The monoisotopic (exact) mass is 374 g/mol. The summed E-state index contributed by atoms with van der Waals surface area (Å²) in [5.41, 5.74) is 3.11. The SMILES string of the molecule is CCc1ccc(/C=C2/Oc3cc(OCc4ccccc4F)ccc3C2=O)cc1. The molecule has 0 saturated heterocycles. The molecule has 0 unspecified atom stereocenters. The van der Waals surface area contributed by atoms with Crippen molar-refractivity contribution in [1.29, 1.82) is 0 Å². The molecule has 140 valence electrons. The number of hydrogen-bond donors (Lipinski definition) is 0. The molecule has 1 aliphatic rings. The number of rotatable bonds is 5. The lowest BCUT2D eigenvalue weighted by molar-refractivity contribution is 0.101. The molecule has 3 aromatic carbocycles. The Balaban J connectivity index is 1.50. The molecule has 0 amide bonds. The highest BCUT2D eigenvalue weighted by Crippen LogP contribution is 2.35. The number of hydrogen-bond acceptors (Lipinski definition) is 3. The van der Waals surface area contributed by atoms with Gasteiger partial charge in [-0.15, -0.1) is 0 Å². The fourth-order valence-electron chi connectivity index (χ4n) is 3.03. The Labute approximate surface area is 163 Å². The average Bonchev–Trinajstić information content (AvgIpc) is 3.03. The topological polar surface area (TPSA) is 35.5 Å². The summed E-state index contributed by atoms with van der Waals surface area (Å²) in [6.07, 6.45) is 2.70. The number of aryl methyl sites for hydroxylation is 1. The van der Waals surface area contributed by atoms with Crippen molar-refractivity contribution in [3.05, 3.63) is 101 Å². The van der Waals surface area contributed by atoms with E-state index in [1.807, 2.05) is 24.3 Å². The van der Waals surface area contributed by atoms with Gasteiger partial charge in [0.2, 0.25) is 5.78 Å². The molecule has 0 spiro atoms. The van der Waals surface area contributed by atoms with E-state index in [-0.39, 0.29) is 24.0 Å². The molecule has 3 nitrogen and oxygen atoms in total. The zero-order valence-corrected chi connectivity index (χ0v) is 15.4. The second-order valence-electron chi connectivity index (χ2n) is 6.57. The highest BCUT2D eigenvalue weighted by atomic mass is 19.1. The van der Waals surface area contributed by atoms with Gasteiger partial charge in [0.25, 0.3) is 0 Å². The normalized spacial score (nSPS) is 14.1. The zero-order valence-electron chi connectivity index (χ0n) is 15.4. The van der Waals surface area contributed by atoms with E-state index >= 15 is 0 Å². The molecule has 0 N–H and O–H groups in total. The molecule has 0 fully saturated rings. The summed E-state index contributed by atoms with van der Waals surface area (Å²) in [7, 11) is 0. The Bertz CT molecular complexity index is 1050. The lowest BCUT2D eigenvalue weighted by Crippen LogP contribution is -1.98. The standard InChI is InChI=1S/C24H19FO3/c1-2-16-7-9-17(10-8-16)13-23-24(26)20-12-11-19(14-22(20)28-23)27-15-18-5-3-4-6-21(18)25/h3-14H,2,15H2,1H3/b23-13+. The molecular weight excluding hydrogens is 355 g/mol. The lowest BCUT2D eigenvalue weighted by atomic mass is 10.1. The quantitative estimate of drug-likeness (QED) is 0.547. The summed E-state index contributed by atoms with van der Waals surface area (Å²) in [4.78, 5) is 12.6. The fraction of sp³-hybridized carbons (Fsp3) is 0.125. The first-order valence-electron chi connectivity index (χ1n) is 9.17. The number of benzene rings is 3. The van der Waals surface area contributed by atoms with Crippen molar-refractivity contribution in [3.63, 3.8) is 0 Å². The summed E-state index contributed by atoms with van der Waals surface area (Å²) in [6.45, 7) is 2.20. The minimum Gasteiger partial charge on any atom is -0.489 e. The van der Waals surface area contributed by atoms with Gasteiger partial charge in [0.05, 0.1) is 5.56 Å². The molecular formula is C24H19FO3. The van der Waals surface area contributed by atoms with Crippen LogP contribution in [0.5, 0.6) is 11.5 Å². The van der Waals surface area contributed by atoms with Gasteiger partial charge in [0.15, 0.2) is 5.76 Å². The van der Waals surface area contributed by atoms with Crippen LogP contribution in [-0.4, -0.2) is 5.78 Å². The molecule has 1 aliphatic heterocycles. The van der Waals surface area contributed by atoms with E-state index in [1.165, 1.54) is 11.6 Å². The molecule has 3 aromatic rings. The summed E-state index contributed by atoms with van der Waals surface area (Å²) < 4.78 is 25.1. The summed E-state index contributed by atoms with van der Waals surface area (Å²) >= 11 is 0. The largest absolute Gasteiger partial charge is 0.489 e. The number of ether oxygens (including phenoxy) is 2. The second kappa shape index (κ2) is 7.69. The van der Waals surface area contributed by atoms with Gasteiger partial charge < -0.3 is 9.47 Å². The first-order chi connectivity index (χ1) is 13.6. The van der Waals surface area contributed by atoms with E-state index in [0.717, 1.165) is 12.0 Å². The van der Waals surface area contributed by atoms with Crippen LogP contribution in [0.25, 0.3) is 6.08 Å². The van der Waals surface area contributed by atoms with Gasteiger partial charge >= 0.3 is 0 Å². The summed E-state index contributed by atoms with van der Waals surface area (Å²) in [5, 5.41) is 0. The molecule has 4 heteroatoms. The summed E-state index contributed by atoms with van der Waals surface area (Å²) in [5.74, 6) is 0.783. The molecule has 0 bridgehead atoms. The highest BCUT2D eigenvalue weighted by molar-refractivity contribution is 6.14. The first kappa shape index (κ1) is 18.0. The van der Waals surface area contributed by atoms with Gasteiger partial charge in [-0.1, -0.05) is 49.4 Å². The minimum absolute atomic E-state index is 0.103. The molecule has 0 radical (unpaired) electrons. The van der Waals surface area contributed by atoms with Crippen LogP contribution in [0.3, 0.4) is 0 Å². The van der Waals surface area contributed by atoms with E-state index in [1.54, 1.807) is 42.5 Å². The molecule has 0 saturated carbocycles. The van der Waals surface area contributed by atoms with Crippen LogP contribution < -0.4 is 9.47 Å². The predicted molar refractivity (Wildman–Crippen MR) is 106 cm³/mol. The van der Waals surface area contributed by atoms with E-state index < -0.39 is 0 Å². The van der Waals surface area contributed by atoms with Gasteiger partial charge in [0, 0.05) is 11.6 Å². The van der Waals surface area contributed by atoms with E-state index in [4.69, 9.17) is 9.47 Å². The Morgan fingerprint density at radius 2 is 1.82 bits per heavy atom. The molecule has 0 aromatic heterocycles. The molecule has 28 heavy (non-hydrogen) atoms. The van der Waals surface area contributed by atoms with Crippen LogP contribution in [0.1, 0.15) is 34.0 Å². The van der Waals surface area contributed by atoms with E-state index in [2.05, 4.69) is 6.92 Å². The molecule has 0 atom stereocenters. The molecule has 4 rings (SSSR count). The van der Waals surface area contributed by atoms with Crippen LogP contribution in [0.2, 0.25) is 0 Å². The molecule has 1 heterocycles. The zero-order chi connectivity index (χ0) is 19.5. The van der Waals surface area contributed by atoms with Crippen molar-refractivity contribution in [2.75, 3.05) is 0 Å². The molecule has 0 aliphatic carbocycles. The van der Waals surface area contributed by atoms with Gasteiger partial charge in [-0.3, -0.25) is 4.79 Å². The number of ketones is 1. The second-order valence-corrected chi connectivity index (χ2v) is 6.57. The Kier molecular flexibility index (Phi) is 4.94. The van der Waals surface area contributed by atoms with Crippen molar-refractivity contribution >= 4 is 11.9 Å². The fourth-order valence-corrected chi connectivity index (χ4v) is 3.03. The number of carbonyl (C=O) groups excluding carboxylic acids is 1. The van der Waals surface area contributed by atoms with Crippen molar-refractivity contribution < 1.29 is 18.7 Å². The number of halogens is 1. The third kappa shape index (κ3) is 3.67.